The molecule has 0 bridgehead atoms. The smallest absolute Gasteiger partial charge is 0.258 e. The van der Waals surface area contributed by atoms with Crippen molar-refractivity contribution < 1.29 is 24.2 Å². The van der Waals surface area contributed by atoms with Crippen molar-refractivity contribution in [1.82, 2.24) is 5.32 Å². The minimum Gasteiger partial charge on any atom is -0.508 e. The molecule has 2 heterocycles. The SMILES string of the molecule is Cc1cc(O)cc(C)c1C[C@H](N)C(=O)N[C@@H]1CCN(C(=O)c2ccccc2)c2ccc(Cc3ccc4c(c3)OCCO4)cc21. The van der Waals surface area contributed by atoms with Gasteiger partial charge < -0.3 is 30.5 Å². The molecule has 2 atom stereocenters. The summed E-state index contributed by atoms with van der Waals surface area (Å²) in [6.07, 6.45) is 1.55. The van der Waals surface area contributed by atoms with Gasteiger partial charge in [-0.2, -0.15) is 0 Å². The van der Waals surface area contributed by atoms with E-state index >= 15 is 0 Å². The van der Waals surface area contributed by atoms with Gasteiger partial charge in [0.25, 0.3) is 5.91 Å². The van der Waals surface area contributed by atoms with Crippen LogP contribution in [-0.2, 0) is 17.6 Å². The average molecular weight is 592 g/mol. The number of carbonyl (C=O) groups excluding carboxylic acids is 2. The van der Waals surface area contributed by atoms with Crippen LogP contribution in [0.4, 0.5) is 5.69 Å². The molecule has 4 aromatic carbocycles. The summed E-state index contributed by atoms with van der Waals surface area (Å²) in [4.78, 5) is 28.8. The van der Waals surface area contributed by atoms with Gasteiger partial charge in [-0.15, -0.1) is 0 Å². The lowest BCUT2D eigenvalue weighted by Crippen LogP contribution is -2.46. The van der Waals surface area contributed by atoms with Crippen molar-refractivity contribution in [3.8, 4) is 17.2 Å². The summed E-state index contributed by atoms with van der Waals surface area (Å²) in [5.41, 5.74) is 13.6. The maximum atomic E-state index is 13.6. The minimum absolute atomic E-state index is 0.0776. The quantitative estimate of drug-likeness (QED) is 0.274. The van der Waals surface area contributed by atoms with E-state index in [-0.39, 0.29) is 23.6 Å². The molecule has 8 heteroatoms. The van der Waals surface area contributed by atoms with Crippen LogP contribution in [0.5, 0.6) is 17.2 Å². The number of amides is 2. The molecule has 0 saturated heterocycles. The number of fused-ring (bicyclic) bond motifs is 2. The normalized spacial score (nSPS) is 16.2. The summed E-state index contributed by atoms with van der Waals surface area (Å²) in [5, 5.41) is 13.1. The van der Waals surface area contributed by atoms with Crippen molar-refractivity contribution >= 4 is 17.5 Å². The van der Waals surface area contributed by atoms with Gasteiger partial charge in [-0.1, -0.05) is 36.4 Å². The summed E-state index contributed by atoms with van der Waals surface area (Å²) in [7, 11) is 0. The van der Waals surface area contributed by atoms with Gasteiger partial charge in [0.05, 0.1) is 12.1 Å². The summed E-state index contributed by atoms with van der Waals surface area (Å²) in [6.45, 7) is 5.34. The van der Waals surface area contributed by atoms with E-state index in [4.69, 9.17) is 15.2 Å². The number of phenols is 1. The zero-order chi connectivity index (χ0) is 30.8. The molecule has 0 saturated carbocycles. The van der Waals surface area contributed by atoms with Crippen molar-refractivity contribution in [3.63, 3.8) is 0 Å². The fraction of sp³-hybridized carbons (Fsp3) is 0.278. The summed E-state index contributed by atoms with van der Waals surface area (Å²) in [6, 6.07) is 23.6. The first-order chi connectivity index (χ1) is 21.3. The fourth-order valence-corrected chi connectivity index (χ4v) is 6.19. The van der Waals surface area contributed by atoms with Crippen LogP contribution in [0.25, 0.3) is 0 Å². The molecule has 2 aliphatic rings. The van der Waals surface area contributed by atoms with Crippen molar-refractivity contribution in [2.75, 3.05) is 24.7 Å². The molecule has 0 aromatic heterocycles. The number of ether oxygens (including phenoxy) is 2. The maximum absolute atomic E-state index is 13.6. The van der Waals surface area contributed by atoms with E-state index in [1.807, 2.05) is 74.5 Å². The Hall–Kier alpha value is -4.82. The number of nitrogens with two attached hydrogens (primary N) is 1. The fourth-order valence-electron chi connectivity index (χ4n) is 6.19. The standard InChI is InChI=1S/C36H37N3O5/c1-22-16-27(40)17-23(2)28(22)21-30(37)35(41)38-31-12-13-39(36(42)26-6-4-3-5-7-26)32-10-8-24(19-29(31)32)18-25-9-11-33-34(20-25)44-15-14-43-33/h3-11,16-17,19-20,30-31,40H,12-15,18,21,37H2,1-2H3,(H,38,41)/t30-,31+/m0/s1. The highest BCUT2D eigenvalue weighted by Gasteiger charge is 2.31. The van der Waals surface area contributed by atoms with E-state index < -0.39 is 6.04 Å². The van der Waals surface area contributed by atoms with Crippen molar-refractivity contribution in [2.45, 2.75) is 45.2 Å². The lowest BCUT2D eigenvalue weighted by molar-refractivity contribution is -0.123. The second kappa shape index (κ2) is 12.4. The summed E-state index contributed by atoms with van der Waals surface area (Å²) >= 11 is 0. The molecule has 2 aliphatic heterocycles. The number of hydrogen-bond donors (Lipinski definition) is 3. The third-order valence-electron chi connectivity index (χ3n) is 8.44. The predicted molar refractivity (Wildman–Crippen MR) is 170 cm³/mol. The third kappa shape index (κ3) is 6.12. The van der Waals surface area contributed by atoms with Crippen LogP contribution >= 0.6 is 0 Å². The van der Waals surface area contributed by atoms with Crippen molar-refractivity contribution in [2.24, 2.45) is 5.73 Å². The molecular formula is C36H37N3O5. The highest BCUT2D eigenvalue weighted by molar-refractivity contribution is 6.07. The number of hydrogen-bond acceptors (Lipinski definition) is 6. The van der Waals surface area contributed by atoms with E-state index in [9.17, 15) is 14.7 Å². The van der Waals surface area contributed by atoms with E-state index in [0.717, 1.165) is 50.6 Å². The highest BCUT2D eigenvalue weighted by atomic mass is 16.6. The van der Waals surface area contributed by atoms with Crippen LogP contribution in [0, 0.1) is 13.8 Å². The molecule has 0 fully saturated rings. The van der Waals surface area contributed by atoms with Crippen LogP contribution < -0.4 is 25.4 Å². The first-order valence-corrected chi connectivity index (χ1v) is 15.0. The summed E-state index contributed by atoms with van der Waals surface area (Å²) < 4.78 is 11.5. The highest BCUT2D eigenvalue weighted by Crippen LogP contribution is 2.37. The Morgan fingerprint density at radius 1 is 0.932 bits per heavy atom. The lowest BCUT2D eigenvalue weighted by Gasteiger charge is -2.35. The first kappa shape index (κ1) is 29.3. The predicted octanol–water partition coefficient (Wildman–Crippen LogP) is 5.15. The van der Waals surface area contributed by atoms with Crippen molar-refractivity contribution in [3.05, 3.63) is 118 Å². The second-order valence-corrected chi connectivity index (χ2v) is 11.6. The molecule has 0 radical (unpaired) electrons. The molecule has 8 nitrogen and oxygen atoms in total. The number of aromatic hydroxyl groups is 1. The second-order valence-electron chi connectivity index (χ2n) is 11.6. The molecule has 2 amide bonds. The van der Waals surface area contributed by atoms with Gasteiger partial charge in [0.15, 0.2) is 11.5 Å². The Kier molecular flexibility index (Phi) is 8.26. The number of rotatable bonds is 7. The number of aryl methyl sites for hydroxylation is 2. The topological polar surface area (TPSA) is 114 Å². The first-order valence-electron chi connectivity index (χ1n) is 15.0. The molecule has 226 valence electrons. The zero-order valence-electron chi connectivity index (χ0n) is 25.0. The Morgan fingerprint density at radius 2 is 1.61 bits per heavy atom. The van der Waals surface area contributed by atoms with E-state index in [0.29, 0.717) is 44.6 Å². The molecule has 44 heavy (non-hydrogen) atoms. The van der Waals surface area contributed by atoms with Crippen LogP contribution in [0.1, 0.15) is 56.2 Å². The van der Waals surface area contributed by atoms with Crippen LogP contribution in [-0.4, -0.2) is 42.7 Å². The molecule has 0 unspecified atom stereocenters. The number of nitrogens with one attached hydrogen (secondary N) is 1. The van der Waals surface area contributed by atoms with E-state index in [1.54, 1.807) is 17.0 Å². The third-order valence-corrected chi connectivity index (χ3v) is 8.44. The van der Waals surface area contributed by atoms with E-state index in [2.05, 4.69) is 11.4 Å². The Balaban J connectivity index is 1.27. The molecule has 0 aliphatic carbocycles. The van der Waals surface area contributed by atoms with E-state index in [1.165, 1.54) is 0 Å². The van der Waals surface area contributed by atoms with Crippen LogP contribution in [0.2, 0.25) is 0 Å². The van der Waals surface area contributed by atoms with Gasteiger partial charge in [0.2, 0.25) is 5.91 Å². The monoisotopic (exact) mass is 591 g/mol. The number of nitrogens with zero attached hydrogens (tertiary/aromatic N) is 1. The van der Waals surface area contributed by atoms with Crippen LogP contribution in [0.15, 0.2) is 78.9 Å². The Labute approximate surface area is 257 Å². The van der Waals surface area contributed by atoms with Crippen molar-refractivity contribution in [1.29, 1.82) is 0 Å². The largest absolute Gasteiger partial charge is 0.508 e. The molecule has 6 rings (SSSR count). The lowest BCUT2D eigenvalue weighted by atomic mass is 9.91. The maximum Gasteiger partial charge on any atom is 0.258 e. The van der Waals surface area contributed by atoms with Crippen LogP contribution in [0.3, 0.4) is 0 Å². The molecular weight excluding hydrogens is 554 g/mol. The average Bonchev–Trinajstić information content (AvgIpc) is 3.03. The molecule has 4 N–H and O–H groups in total. The molecule has 0 spiro atoms. The number of phenolic OH excluding ortho intramolecular Hbond substituents is 1. The number of benzene rings is 4. The molecule has 4 aromatic rings. The minimum atomic E-state index is -0.773. The number of anilines is 1. The van der Waals surface area contributed by atoms with Gasteiger partial charge >= 0.3 is 0 Å². The van der Waals surface area contributed by atoms with Gasteiger partial charge in [-0.05, 0) is 109 Å². The van der Waals surface area contributed by atoms with Gasteiger partial charge in [-0.25, -0.2) is 0 Å². The number of carbonyl (C=O) groups is 2. The van der Waals surface area contributed by atoms with Gasteiger partial charge in [-0.3, -0.25) is 9.59 Å². The van der Waals surface area contributed by atoms with Gasteiger partial charge in [0.1, 0.15) is 19.0 Å². The Morgan fingerprint density at radius 3 is 2.36 bits per heavy atom. The van der Waals surface area contributed by atoms with Gasteiger partial charge in [0, 0.05) is 17.8 Å². The summed E-state index contributed by atoms with van der Waals surface area (Å²) in [5.74, 6) is 1.35. The zero-order valence-corrected chi connectivity index (χ0v) is 25.0. The Bertz CT molecular complexity index is 1680.